The summed E-state index contributed by atoms with van der Waals surface area (Å²) in [6.45, 7) is 7.82. The third-order valence-electron chi connectivity index (χ3n) is 7.33. The number of thioether (sulfide) groups is 1. The Labute approximate surface area is 232 Å². The highest BCUT2D eigenvalue weighted by molar-refractivity contribution is 8.16. The number of aryl methyl sites for hydroxylation is 2. The first-order valence-electron chi connectivity index (χ1n) is 13.0. The minimum atomic E-state index is -0.447. The molecule has 0 saturated carbocycles. The largest absolute Gasteiger partial charge is 0.466 e. The standard InChI is InChI=1S/C29H32N4O5S/c1-5-22-25(28(36)37-4)26(21-9-8-18(2)15-19(21)3)33-20(17-39-29(33)30-22)16-24(34)31-10-12-32(13-11-31)27(35)23-7-6-14-38-23/h6-9,14-15,17,26H,5,10-13,16H2,1-4H3. The van der Waals surface area contributed by atoms with Crippen molar-refractivity contribution < 1.29 is 23.5 Å². The number of nitrogens with zero attached hydrogens (tertiary/aromatic N) is 4. The van der Waals surface area contributed by atoms with Gasteiger partial charge in [-0.05, 0) is 48.9 Å². The number of esters is 1. The quantitative estimate of drug-likeness (QED) is 0.494. The molecule has 1 saturated heterocycles. The van der Waals surface area contributed by atoms with E-state index < -0.39 is 12.0 Å². The van der Waals surface area contributed by atoms with Crippen LogP contribution in [0.15, 0.2) is 68.4 Å². The lowest BCUT2D eigenvalue weighted by atomic mass is 9.89. The molecule has 1 aromatic carbocycles. The van der Waals surface area contributed by atoms with Gasteiger partial charge in [-0.3, -0.25) is 9.59 Å². The second-order valence-corrected chi connectivity index (χ2v) is 10.6. The summed E-state index contributed by atoms with van der Waals surface area (Å²) < 4.78 is 10.5. The van der Waals surface area contributed by atoms with Crippen molar-refractivity contribution in [2.24, 2.45) is 4.99 Å². The topological polar surface area (TPSA) is 95.7 Å². The minimum Gasteiger partial charge on any atom is -0.466 e. The maximum atomic E-state index is 13.5. The first-order valence-corrected chi connectivity index (χ1v) is 13.9. The van der Waals surface area contributed by atoms with Gasteiger partial charge < -0.3 is 23.9 Å². The number of carbonyl (C=O) groups excluding carboxylic acids is 3. The summed E-state index contributed by atoms with van der Waals surface area (Å²) in [4.78, 5) is 49.5. The Bertz CT molecular complexity index is 1390. The number of hydrogen-bond donors (Lipinski definition) is 0. The average Bonchev–Trinajstić information content (AvgIpc) is 3.62. The number of furan rings is 1. The van der Waals surface area contributed by atoms with Crippen LogP contribution in [0.2, 0.25) is 0 Å². The normalized spacial score (nSPS) is 19.1. The summed E-state index contributed by atoms with van der Waals surface area (Å²) in [6, 6.07) is 9.07. The van der Waals surface area contributed by atoms with Gasteiger partial charge in [0.05, 0.1) is 37.1 Å². The third-order valence-corrected chi connectivity index (χ3v) is 8.22. The van der Waals surface area contributed by atoms with Gasteiger partial charge in [-0.15, -0.1) is 0 Å². The Hall–Kier alpha value is -3.79. The van der Waals surface area contributed by atoms with Gasteiger partial charge in [-0.2, -0.15) is 0 Å². The number of amides is 2. The van der Waals surface area contributed by atoms with Crippen LogP contribution in [-0.2, 0) is 14.3 Å². The SMILES string of the molecule is CCC1=C(C(=O)OC)C(c2ccc(C)cc2C)N2C(CC(=O)N3CCN(C(=O)c4ccco4)CC3)=CSC2=N1. The van der Waals surface area contributed by atoms with E-state index in [0.29, 0.717) is 49.6 Å². The van der Waals surface area contributed by atoms with E-state index in [-0.39, 0.29) is 18.2 Å². The molecule has 3 aliphatic rings. The van der Waals surface area contributed by atoms with Crippen LogP contribution < -0.4 is 0 Å². The van der Waals surface area contributed by atoms with Crippen LogP contribution in [0.25, 0.3) is 0 Å². The number of aliphatic imine (C=N–C) groups is 1. The number of benzene rings is 1. The van der Waals surface area contributed by atoms with Crippen molar-refractivity contribution in [1.29, 1.82) is 0 Å². The van der Waals surface area contributed by atoms with Gasteiger partial charge >= 0.3 is 5.97 Å². The molecule has 0 spiro atoms. The van der Waals surface area contributed by atoms with Gasteiger partial charge in [-0.1, -0.05) is 42.4 Å². The molecule has 1 fully saturated rings. The summed E-state index contributed by atoms with van der Waals surface area (Å²) in [5.74, 6) is -0.309. The Morgan fingerprint density at radius 2 is 1.85 bits per heavy atom. The molecular formula is C29H32N4O5S. The molecule has 9 nitrogen and oxygen atoms in total. The highest BCUT2D eigenvalue weighted by atomic mass is 32.2. The summed E-state index contributed by atoms with van der Waals surface area (Å²) in [5.41, 5.74) is 5.15. The number of fused-ring (bicyclic) bond motifs is 1. The molecule has 0 N–H and O–H groups in total. The number of methoxy groups -OCH3 is 1. The van der Waals surface area contributed by atoms with E-state index in [1.807, 2.05) is 43.2 Å². The number of allylic oxidation sites excluding steroid dienone is 1. The van der Waals surface area contributed by atoms with E-state index in [9.17, 15) is 14.4 Å². The van der Waals surface area contributed by atoms with Crippen molar-refractivity contribution in [1.82, 2.24) is 14.7 Å². The highest BCUT2D eigenvalue weighted by Crippen LogP contribution is 2.46. The smallest absolute Gasteiger partial charge is 0.338 e. The molecule has 3 aliphatic heterocycles. The summed E-state index contributed by atoms with van der Waals surface area (Å²) in [5, 5.41) is 2.71. The number of amidine groups is 1. The number of ether oxygens (including phenoxy) is 1. The highest BCUT2D eigenvalue weighted by Gasteiger charge is 2.42. The fraction of sp³-hybridized carbons (Fsp3) is 0.379. The molecule has 1 atom stereocenters. The minimum absolute atomic E-state index is 0.0301. The molecular weight excluding hydrogens is 516 g/mol. The van der Waals surface area contributed by atoms with Crippen molar-refractivity contribution in [3.8, 4) is 0 Å². The second kappa shape index (κ2) is 11.1. The lowest BCUT2D eigenvalue weighted by Gasteiger charge is -2.38. The molecule has 1 aromatic heterocycles. The maximum Gasteiger partial charge on any atom is 0.338 e. The van der Waals surface area contributed by atoms with E-state index in [4.69, 9.17) is 14.1 Å². The maximum absolute atomic E-state index is 13.5. The number of hydrogen-bond acceptors (Lipinski definition) is 8. The van der Waals surface area contributed by atoms with Crippen molar-refractivity contribution in [3.05, 3.63) is 81.4 Å². The Morgan fingerprint density at radius 1 is 1.10 bits per heavy atom. The molecule has 0 aliphatic carbocycles. The van der Waals surface area contributed by atoms with E-state index in [1.165, 1.54) is 25.1 Å². The van der Waals surface area contributed by atoms with Gasteiger partial charge in [0.2, 0.25) is 5.91 Å². The Balaban J connectivity index is 1.37. The molecule has 39 heavy (non-hydrogen) atoms. The molecule has 0 bridgehead atoms. The number of carbonyl (C=O) groups is 3. The predicted octanol–water partition coefficient (Wildman–Crippen LogP) is 4.41. The number of rotatable bonds is 6. The van der Waals surface area contributed by atoms with Gasteiger partial charge in [-0.25, -0.2) is 9.79 Å². The molecule has 4 heterocycles. The van der Waals surface area contributed by atoms with Gasteiger partial charge in [0.1, 0.15) is 0 Å². The van der Waals surface area contributed by atoms with Crippen LogP contribution in [0, 0.1) is 13.8 Å². The summed E-state index contributed by atoms with van der Waals surface area (Å²) >= 11 is 1.47. The lowest BCUT2D eigenvalue weighted by Crippen LogP contribution is -2.51. The lowest BCUT2D eigenvalue weighted by molar-refractivity contribution is -0.136. The molecule has 1 unspecified atom stereocenters. The molecule has 204 valence electrons. The van der Waals surface area contributed by atoms with Crippen molar-refractivity contribution >= 4 is 34.7 Å². The van der Waals surface area contributed by atoms with Crippen LogP contribution in [0.4, 0.5) is 0 Å². The van der Waals surface area contributed by atoms with Crippen LogP contribution >= 0.6 is 11.8 Å². The zero-order valence-corrected chi connectivity index (χ0v) is 23.4. The second-order valence-electron chi connectivity index (χ2n) is 9.79. The molecule has 2 amide bonds. The van der Waals surface area contributed by atoms with Gasteiger partial charge in [0.25, 0.3) is 5.91 Å². The zero-order chi connectivity index (χ0) is 27.7. The van der Waals surface area contributed by atoms with Crippen LogP contribution in [0.1, 0.15) is 53.1 Å². The van der Waals surface area contributed by atoms with E-state index in [0.717, 1.165) is 27.6 Å². The van der Waals surface area contributed by atoms with Crippen molar-refractivity contribution in [2.45, 2.75) is 39.7 Å². The van der Waals surface area contributed by atoms with Crippen LogP contribution in [0.3, 0.4) is 0 Å². The molecule has 10 heteroatoms. The summed E-state index contributed by atoms with van der Waals surface area (Å²) in [6.07, 6.45) is 2.22. The fourth-order valence-electron chi connectivity index (χ4n) is 5.32. The third kappa shape index (κ3) is 5.13. The number of piperazine rings is 1. The van der Waals surface area contributed by atoms with Crippen LogP contribution in [0.5, 0.6) is 0 Å². The van der Waals surface area contributed by atoms with Crippen LogP contribution in [-0.4, -0.2) is 70.9 Å². The Kier molecular flexibility index (Phi) is 7.65. The van der Waals surface area contributed by atoms with E-state index in [1.54, 1.807) is 21.9 Å². The van der Waals surface area contributed by atoms with Crippen molar-refractivity contribution in [3.63, 3.8) is 0 Å². The fourth-order valence-corrected chi connectivity index (χ4v) is 6.26. The molecule has 5 rings (SSSR count). The predicted molar refractivity (Wildman–Crippen MR) is 149 cm³/mol. The molecule has 0 radical (unpaired) electrons. The zero-order valence-electron chi connectivity index (χ0n) is 22.6. The first kappa shape index (κ1) is 26.8. The Morgan fingerprint density at radius 3 is 2.49 bits per heavy atom. The first-order chi connectivity index (χ1) is 18.8. The van der Waals surface area contributed by atoms with Gasteiger partial charge in [0.15, 0.2) is 10.9 Å². The van der Waals surface area contributed by atoms with Gasteiger partial charge in [0, 0.05) is 31.9 Å². The average molecular weight is 549 g/mol. The van der Waals surface area contributed by atoms with E-state index >= 15 is 0 Å². The molecule has 2 aromatic rings. The monoisotopic (exact) mass is 548 g/mol. The van der Waals surface area contributed by atoms with E-state index in [2.05, 4.69) is 6.07 Å². The van der Waals surface area contributed by atoms with Crippen molar-refractivity contribution in [2.75, 3.05) is 33.3 Å². The summed E-state index contributed by atoms with van der Waals surface area (Å²) in [7, 11) is 1.39.